The van der Waals surface area contributed by atoms with Gasteiger partial charge in [-0.2, -0.15) is 0 Å². The van der Waals surface area contributed by atoms with E-state index in [1.165, 1.54) is 0 Å². The Morgan fingerprint density at radius 3 is 2.88 bits per heavy atom. The molecule has 1 aromatic heterocycles. The molecule has 0 fully saturated rings. The second-order valence-electron chi connectivity index (χ2n) is 3.70. The summed E-state index contributed by atoms with van der Waals surface area (Å²) in [6.45, 7) is 0. The van der Waals surface area contributed by atoms with Gasteiger partial charge in [-0.1, -0.05) is 5.16 Å². The van der Waals surface area contributed by atoms with Gasteiger partial charge in [0.05, 0.1) is 23.3 Å². The molecule has 0 N–H and O–H groups in total. The Bertz CT molecular complexity index is 563. The molecule has 90 valence electrons. The topological polar surface area (TPSA) is 50.9 Å². The van der Waals surface area contributed by atoms with E-state index in [0.29, 0.717) is 11.4 Å². The maximum absolute atomic E-state index is 5.22. The van der Waals surface area contributed by atoms with Crippen molar-refractivity contribution in [3.63, 3.8) is 0 Å². The van der Waals surface area contributed by atoms with Crippen LogP contribution in [0.4, 0.5) is 5.82 Å². The first-order valence-corrected chi connectivity index (χ1v) is 5.74. The lowest BCUT2D eigenvalue weighted by Gasteiger charge is -2.02. The molecule has 2 rings (SSSR count). The summed E-state index contributed by atoms with van der Waals surface area (Å²) in [7, 11) is 5.40. The summed E-state index contributed by atoms with van der Waals surface area (Å²) in [5.41, 5.74) is 0.670. The number of benzene rings is 1. The second-order valence-corrected chi connectivity index (χ2v) is 4.55. The standard InChI is InChI=1S/C11H12BrN3O2/c1-15(2)6-13-11-7-4-10(16-3)8(12)5-9(7)17-14-11/h4-6H,1-3H3. The number of aromatic nitrogens is 1. The van der Waals surface area contributed by atoms with Gasteiger partial charge in [0, 0.05) is 20.2 Å². The Morgan fingerprint density at radius 1 is 1.47 bits per heavy atom. The van der Waals surface area contributed by atoms with Crippen LogP contribution in [0.15, 0.2) is 26.1 Å². The summed E-state index contributed by atoms with van der Waals surface area (Å²) in [5.74, 6) is 1.27. The van der Waals surface area contributed by atoms with Gasteiger partial charge in [0.1, 0.15) is 5.75 Å². The van der Waals surface area contributed by atoms with Gasteiger partial charge in [-0.3, -0.25) is 0 Å². The van der Waals surface area contributed by atoms with Gasteiger partial charge in [0.2, 0.25) is 5.82 Å². The fourth-order valence-electron chi connectivity index (χ4n) is 1.35. The van der Waals surface area contributed by atoms with E-state index >= 15 is 0 Å². The largest absolute Gasteiger partial charge is 0.496 e. The third-order valence-corrected chi connectivity index (χ3v) is 2.76. The maximum atomic E-state index is 5.22. The fourth-order valence-corrected chi connectivity index (χ4v) is 1.83. The predicted octanol–water partition coefficient (Wildman–Crippen LogP) is 2.82. The lowest BCUT2D eigenvalue weighted by Crippen LogP contribution is -2.06. The van der Waals surface area contributed by atoms with E-state index in [4.69, 9.17) is 9.26 Å². The van der Waals surface area contributed by atoms with E-state index in [-0.39, 0.29) is 0 Å². The first-order valence-electron chi connectivity index (χ1n) is 4.95. The summed E-state index contributed by atoms with van der Waals surface area (Å²) in [6.07, 6.45) is 1.67. The van der Waals surface area contributed by atoms with Gasteiger partial charge in [-0.05, 0) is 22.0 Å². The molecule has 17 heavy (non-hydrogen) atoms. The molecular formula is C11H12BrN3O2. The van der Waals surface area contributed by atoms with Crippen LogP contribution in [0.25, 0.3) is 11.0 Å². The predicted molar refractivity (Wildman–Crippen MR) is 70.1 cm³/mol. The zero-order valence-corrected chi connectivity index (χ0v) is 11.4. The highest BCUT2D eigenvalue weighted by Crippen LogP contribution is 2.34. The highest BCUT2D eigenvalue weighted by Gasteiger charge is 2.11. The molecule has 0 spiro atoms. The highest BCUT2D eigenvalue weighted by molar-refractivity contribution is 9.10. The zero-order valence-electron chi connectivity index (χ0n) is 9.77. The minimum absolute atomic E-state index is 0.541. The molecule has 2 aromatic rings. The van der Waals surface area contributed by atoms with E-state index in [0.717, 1.165) is 15.6 Å². The van der Waals surface area contributed by atoms with E-state index in [2.05, 4.69) is 26.1 Å². The average molecular weight is 298 g/mol. The molecule has 6 heteroatoms. The Morgan fingerprint density at radius 2 is 2.24 bits per heavy atom. The molecule has 0 aliphatic heterocycles. The van der Waals surface area contributed by atoms with Gasteiger partial charge in [-0.25, -0.2) is 4.99 Å². The van der Waals surface area contributed by atoms with Crippen LogP contribution in [0.2, 0.25) is 0 Å². The molecule has 0 aliphatic carbocycles. The molecule has 1 heterocycles. The molecule has 0 aliphatic rings. The quantitative estimate of drug-likeness (QED) is 0.646. The van der Waals surface area contributed by atoms with Crippen LogP contribution in [-0.2, 0) is 0 Å². The molecule has 0 bridgehead atoms. The van der Waals surface area contributed by atoms with Gasteiger partial charge in [0.25, 0.3) is 0 Å². The molecular weight excluding hydrogens is 286 g/mol. The minimum atomic E-state index is 0.541. The number of fused-ring (bicyclic) bond motifs is 1. The Balaban J connectivity index is 2.52. The van der Waals surface area contributed by atoms with Crippen molar-refractivity contribution >= 4 is 39.1 Å². The summed E-state index contributed by atoms with van der Waals surface area (Å²) in [6, 6.07) is 3.66. The minimum Gasteiger partial charge on any atom is -0.496 e. The molecule has 5 nitrogen and oxygen atoms in total. The molecule has 0 radical (unpaired) electrons. The Kier molecular flexibility index (Phi) is 3.33. The van der Waals surface area contributed by atoms with E-state index < -0.39 is 0 Å². The molecule has 0 atom stereocenters. The Labute approximate surface area is 107 Å². The monoisotopic (exact) mass is 297 g/mol. The zero-order chi connectivity index (χ0) is 12.4. The van der Waals surface area contributed by atoms with Gasteiger partial charge >= 0.3 is 0 Å². The van der Waals surface area contributed by atoms with Crippen LogP contribution in [0.5, 0.6) is 5.75 Å². The van der Waals surface area contributed by atoms with Crippen molar-refractivity contribution < 1.29 is 9.26 Å². The summed E-state index contributed by atoms with van der Waals surface area (Å²) in [5, 5.41) is 4.73. The average Bonchev–Trinajstić information content (AvgIpc) is 2.67. The molecule has 0 amide bonds. The van der Waals surface area contributed by atoms with E-state index in [9.17, 15) is 0 Å². The maximum Gasteiger partial charge on any atom is 0.204 e. The first-order chi connectivity index (χ1) is 8.11. The number of halogens is 1. The van der Waals surface area contributed by atoms with Crippen LogP contribution in [0.1, 0.15) is 0 Å². The van der Waals surface area contributed by atoms with Crippen LogP contribution in [0, 0.1) is 0 Å². The van der Waals surface area contributed by atoms with Crippen LogP contribution in [-0.4, -0.2) is 37.6 Å². The number of hydrogen-bond donors (Lipinski definition) is 0. The SMILES string of the molecule is COc1cc2c(N=CN(C)C)noc2cc1Br. The third kappa shape index (κ3) is 2.41. The van der Waals surface area contributed by atoms with E-state index in [1.54, 1.807) is 13.4 Å². The summed E-state index contributed by atoms with van der Waals surface area (Å²) >= 11 is 3.39. The number of rotatable bonds is 3. The van der Waals surface area contributed by atoms with Crippen LogP contribution < -0.4 is 4.74 Å². The van der Waals surface area contributed by atoms with Crippen molar-refractivity contribution in [2.45, 2.75) is 0 Å². The lowest BCUT2D eigenvalue weighted by molar-refractivity contribution is 0.412. The number of hydrogen-bond acceptors (Lipinski definition) is 4. The van der Waals surface area contributed by atoms with Crippen molar-refractivity contribution in [2.75, 3.05) is 21.2 Å². The van der Waals surface area contributed by atoms with Gasteiger partial charge < -0.3 is 14.2 Å². The second kappa shape index (κ2) is 4.75. The van der Waals surface area contributed by atoms with Crippen molar-refractivity contribution in [2.24, 2.45) is 4.99 Å². The number of aliphatic imine (C=N–C) groups is 1. The molecule has 0 saturated heterocycles. The first kappa shape index (κ1) is 11.9. The van der Waals surface area contributed by atoms with Crippen molar-refractivity contribution in [1.29, 1.82) is 0 Å². The molecule has 1 aromatic carbocycles. The lowest BCUT2D eigenvalue weighted by atomic mass is 10.2. The number of methoxy groups -OCH3 is 1. The third-order valence-electron chi connectivity index (χ3n) is 2.14. The van der Waals surface area contributed by atoms with Gasteiger partial charge in [-0.15, -0.1) is 0 Å². The number of nitrogens with zero attached hydrogens (tertiary/aromatic N) is 3. The van der Waals surface area contributed by atoms with Crippen LogP contribution >= 0.6 is 15.9 Å². The van der Waals surface area contributed by atoms with Gasteiger partial charge in [0.15, 0.2) is 5.58 Å². The highest BCUT2D eigenvalue weighted by atomic mass is 79.9. The normalized spacial score (nSPS) is 11.3. The molecule has 0 saturated carbocycles. The fraction of sp³-hybridized carbons (Fsp3) is 0.273. The Hall–Kier alpha value is -1.56. The van der Waals surface area contributed by atoms with Crippen molar-refractivity contribution in [3.05, 3.63) is 16.6 Å². The van der Waals surface area contributed by atoms with Crippen molar-refractivity contribution in [3.8, 4) is 5.75 Å². The molecule has 0 unspecified atom stereocenters. The van der Waals surface area contributed by atoms with Crippen molar-refractivity contribution in [1.82, 2.24) is 10.1 Å². The van der Waals surface area contributed by atoms with Crippen LogP contribution in [0.3, 0.4) is 0 Å². The van der Waals surface area contributed by atoms with E-state index in [1.807, 2.05) is 31.1 Å². The summed E-state index contributed by atoms with van der Waals surface area (Å²) in [4.78, 5) is 6.05. The summed E-state index contributed by atoms with van der Waals surface area (Å²) < 4.78 is 11.2. The smallest absolute Gasteiger partial charge is 0.204 e. The number of ether oxygens (including phenoxy) is 1.